The van der Waals surface area contributed by atoms with Crippen LogP contribution in [0.5, 0.6) is 0 Å². The van der Waals surface area contributed by atoms with E-state index in [2.05, 4.69) is 17.4 Å². The first-order valence-electron chi connectivity index (χ1n) is 6.75. The molecule has 1 amide bonds. The fraction of sp³-hybridized carbons (Fsp3) is 0.533. The molecule has 3 nitrogen and oxygen atoms in total. The molecule has 2 aliphatic carbocycles. The molecule has 0 unspecified atom stereocenters. The minimum absolute atomic E-state index is 0.104. The topological polar surface area (TPSA) is 49.3 Å². The maximum absolute atomic E-state index is 12.1. The number of benzene rings is 1. The molecule has 0 bridgehead atoms. The van der Waals surface area contributed by atoms with E-state index in [4.69, 9.17) is 0 Å². The molecule has 96 valence electrons. The van der Waals surface area contributed by atoms with Crippen molar-refractivity contribution in [3.05, 3.63) is 35.4 Å². The van der Waals surface area contributed by atoms with E-state index >= 15 is 0 Å². The average Bonchev–Trinajstić information content (AvgIpc) is 2.76. The number of nitrogens with one attached hydrogen (secondary N) is 1. The van der Waals surface area contributed by atoms with Gasteiger partial charge < -0.3 is 10.4 Å². The monoisotopic (exact) mass is 245 g/mol. The van der Waals surface area contributed by atoms with Gasteiger partial charge in [-0.1, -0.05) is 24.3 Å². The Morgan fingerprint density at radius 1 is 1.22 bits per heavy atom. The standard InChI is InChI=1S/C15H19NO2/c17-14-5-10(6-14)9-16-15(18)13-7-11-3-1-2-4-12(11)8-13/h1-4,10,13-14,17H,5-9H2,(H,16,18). The minimum atomic E-state index is -0.136. The van der Waals surface area contributed by atoms with E-state index in [-0.39, 0.29) is 17.9 Å². The molecule has 1 fully saturated rings. The molecule has 0 saturated heterocycles. The molecule has 0 spiro atoms. The summed E-state index contributed by atoms with van der Waals surface area (Å²) in [6.07, 6.45) is 3.28. The third-order valence-corrected chi connectivity index (χ3v) is 4.20. The van der Waals surface area contributed by atoms with Crippen molar-refractivity contribution in [2.45, 2.75) is 31.8 Å². The number of hydrogen-bond donors (Lipinski definition) is 2. The summed E-state index contributed by atoms with van der Waals surface area (Å²) in [5.74, 6) is 0.757. The van der Waals surface area contributed by atoms with Crippen molar-refractivity contribution in [1.82, 2.24) is 5.32 Å². The molecule has 0 aliphatic heterocycles. The molecule has 2 N–H and O–H groups in total. The van der Waals surface area contributed by atoms with Crippen LogP contribution in [-0.2, 0) is 17.6 Å². The van der Waals surface area contributed by atoms with Crippen molar-refractivity contribution in [3.8, 4) is 0 Å². The number of aliphatic hydroxyl groups is 1. The summed E-state index contributed by atoms with van der Waals surface area (Å²) in [7, 11) is 0. The van der Waals surface area contributed by atoms with Crippen LogP contribution in [-0.4, -0.2) is 23.7 Å². The summed E-state index contributed by atoms with van der Waals surface area (Å²) in [4.78, 5) is 12.1. The number of carbonyl (C=O) groups excluding carboxylic acids is 1. The Balaban J connectivity index is 1.50. The fourth-order valence-corrected chi connectivity index (χ4v) is 3.00. The summed E-state index contributed by atoms with van der Waals surface area (Å²) in [6.45, 7) is 0.725. The Morgan fingerprint density at radius 2 is 1.83 bits per heavy atom. The number of rotatable bonds is 3. The third-order valence-electron chi connectivity index (χ3n) is 4.20. The molecule has 0 radical (unpaired) electrons. The van der Waals surface area contributed by atoms with Gasteiger partial charge in [0.25, 0.3) is 0 Å². The van der Waals surface area contributed by atoms with E-state index in [0.717, 1.165) is 32.2 Å². The Bertz CT molecular complexity index is 427. The van der Waals surface area contributed by atoms with Gasteiger partial charge in [-0.2, -0.15) is 0 Å². The Morgan fingerprint density at radius 3 is 2.39 bits per heavy atom. The van der Waals surface area contributed by atoms with Crippen LogP contribution in [0.4, 0.5) is 0 Å². The second kappa shape index (κ2) is 4.73. The zero-order valence-corrected chi connectivity index (χ0v) is 10.4. The maximum Gasteiger partial charge on any atom is 0.223 e. The van der Waals surface area contributed by atoms with E-state index in [1.807, 2.05) is 12.1 Å². The lowest BCUT2D eigenvalue weighted by Gasteiger charge is -2.31. The normalized spacial score (nSPS) is 26.5. The first-order valence-corrected chi connectivity index (χ1v) is 6.75. The van der Waals surface area contributed by atoms with Crippen molar-refractivity contribution in [1.29, 1.82) is 0 Å². The van der Waals surface area contributed by atoms with Crippen LogP contribution in [0.3, 0.4) is 0 Å². The van der Waals surface area contributed by atoms with Crippen molar-refractivity contribution in [2.24, 2.45) is 11.8 Å². The lowest BCUT2D eigenvalue weighted by molar-refractivity contribution is -0.125. The highest BCUT2D eigenvalue weighted by molar-refractivity contribution is 5.80. The average molecular weight is 245 g/mol. The van der Waals surface area contributed by atoms with Crippen molar-refractivity contribution >= 4 is 5.91 Å². The Kier molecular flexibility index (Phi) is 3.08. The molecular formula is C15H19NO2. The van der Waals surface area contributed by atoms with Crippen LogP contribution < -0.4 is 5.32 Å². The van der Waals surface area contributed by atoms with Gasteiger partial charge in [0.05, 0.1) is 6.10 Å². The van der Waals surface area contributed by atoms with E-state index in [0.29, 0.717) is 5.92 Å². The lowest BCUT2D eigenvalue weighted by atomic mass is 9.82. The van der Waals surface area contributed by atoms with E-state index in [1.165, 1.54) is 11.1 Å². The molecule has 0 aromatic heterocycles. The van der Waals surface area contributed by atoms with Crippen LogP contribution in [0.25, 0.3) is 0 Å². The Hall–Kier alpha value is -1.35. The molecular weight excluding hydrogens is 226 g/mol. The molecule has 1 aromatic carbocycles. The van der Waals surface area contributed by atoms with Crippen molar-refractivity contribution in [2.75, 3.05) is 6.54 Å². The highest BCUT2D eigenvalue weighted by Gasteiger charge is 2.30. The quantitative estimate of drug-likeness (QED) is 0.843. The zero-order valence-electron chi connectivity index (χ0n) is 10.4. The van der Waals surface area contributed by atoms with Gasteiger partial charge in [0, 0.05) is 12.5 Å². The third kappa shape index (κ3) is 2.27. The van der Waals surface area contributed by atoms with Gasteiger partial charge in [-0.15, -0.1) is 0 Å². The number of carbonyl (C=O) groups is 1. The van der Waals surface area contributed by atoms with Gasteiger partial charge in [0.1, 0.15) is 0 Å². The first-order chi connectivity index (χ1) is 8.72. The van der Waals surface area contributed by atoms with Crippen LogP contribution in [0.15, 0.2) is 24.3 Å². The second-order valence-electron chi connectivity index (χ2n) is 5.61. The SMILES string of the molecule is O=C(NCC1CC(O)C1)C1Cc2ccccc2C1. The second-order valence-corrected chi connectivity index (χ2v) is 5.61. The van der Waals surface area contributed by atoms with Crippen LogP contribution in [0.1, 0.15) is 24.0 Å². The molecule has 0 atom stereocenters. The molecule has 1 aromatic rings. The number of aliphatic hydroxyl groups excluding tert-OH is 1. The Labute approximate surface area is 107 Å². The van der Waals surface area contributed by atoms with Crippen molar-refractivity contribution in [3.63, 3.8) is 0 Å². The number of hydrogen-bond acceptors (Lipinski definition) is 2. The fourth-order valence-electron chi connectivity index (χ4n) is 3.00. The largest absolute Gasteiger partial charge is 0.393 e. The van der Waals surface area contributed by atoms with Gasteiger partial charge in [0.15, 0.2) is 0 Å². The van der Waals surface area contributed by atoms with E-state index in [9.17, 15) is 9.90 Å². The van der Waals surface area contributed by atoms with Crippen molar-refractivity contribution < 1.29 is 9.90 Å². The molecule has 18 heavy (non-hydrogen) atoms. The van der Waals surface area contributed by atoms with Gasteiger partial charge in [-0.05, 0) is 42.7 Å². The molecule has 3 heteroatoms. The maximum atomic E-state index is 12.1. The molecule has 2 aliphatic rings. The van der Waals surface area contributed by atoms with Gasteiger partial charge in [-0.25, -0.2) is 0 Å². The summed E-state index contributed by atoms with van der Waals surface area (Å²) >= 11 is 0. The predicted molar refractivity (Wildman–Crippen MR) is 69.1 cm³/mol. The minimum Gasteiger partial charge on any atom is -0.393 e. The highest BCUT2D eigenvalue weighted by atomic mass is 16.3. The zero-order chi connectivity index (χ0) is 12.5. The van der Waals surface area contributed by atoms with Crippen LogP contribution in [0.2, 0.25) is 0 Å². The summed E-state index contributed by atoms with van der Waals surface area (Å²) in [5, 5.41) is 12.2. The van der Waals surface area contributed by atoms with E-state index < -0.39 is 0 Å². The first kappa shape index (κ1) is 11.7. The highest BCUT2D eigenvalue weighted by Crippen LogP contribution is 2.28. The smallest absolute Gasteiger partial charge is 0.223 e. The molecule has 1 saturated carbocycles. The lowest BCUT2D eigenvalue weighted by Crippen LogP contribution is -2.40. The predicted octanol–water partition coefficient (Wildman–Crippen LogP) is 1.29. The summed E-state index contributed by atoms with van der Waals surface area (Å²) < 4.78 is 0. The van der Waals surface area contributed by atoms with E-state index in [1.54, 1.807) is 0 Å². The summed E-state index contributed by atoms with van der Waals surface area (Å²) in [5.41, 5.74) is 2.63. The number of fused-ring (bicyclic) bond motifs is 1. The number of amides is 1. The summed E-state index contributed by atoms with van der Waals surface area (Å²) in [6, 6.07) is 8.31. The van der Waals surface area contributed by atoms with Gasteiger partial charge in [0.2, 0.25) is 5.91 Å². The van der Waals surface area contributed by atoms with Gasteiger partial charge >= 0.3 is 0 Å². The van der Waals surface area contributed by atoms with Crippen LogP contribution >= 0.6 is 0 Å². The molecule has 0 heterocycles. The van der Waals surface area contributed by atoms with Gasteiger partial charge in [-0.3, -0.25) is 4.79 Å². The molecule has 3 rings (SSSR count). The van der Waals surface area contributed by atoms with Crippen LogP contribution in [0, 0.1) is 11.8 Å².